The lowest BCUT2D eigenvalue weighted by Crippen LogP contribution is -2.59. The minimum atomic E-state index is -1.21. The van der Waals surface area contributed by atoms with Crippen molar-refractivity contribution in [2.75, 3.05) is 20.2 Å². The summed E-state index contributed by atoms with van der Waals surface area (Å²) in [6.45, 7) is 10.0. The van der Waals surface area contributed by atoms with Crippen LogP contribution in [0.3, 0.4) is 0 Å². The molecule has 1 saturated heterocycles. The van der Waals surface area contributed by atoms with Crippen LogP contribution in [0.25, 0.3) is 21.8 Å². The number of aliphatic hydroxyl groups excluding tert-OH is 1. The van der Waals surface area contributed by atoms with Crippen molar-refractivity contribution in [2.45, 2.75) is 84.8 Å². The second-order valence-electron chi connectivity index (χ2n) is 17.3. The van der Waals surface area contributed by atoms with E-state index in [1.54, 1.807) is 28.5 Å². The van der Waals surface area contributed by atoms with Crippen molar-refractivity contribution in [3.8, 4) is 21.8 Å². The molecule has 3 aromatic heterocycles. The van der Waals surface area contributed by atoms with Gasteiger partial charge in [-0.1, -0.05) is 102 Å². The molecule has 0 spiro atoms. The fourth-order valence-corrected chi connectivity index (χ4v) is 8.65. The van der Waals surface area contributed by atoms with E-state index in [0.717, 1.165) is 33.0 Å². The van der Waals surface area contributed by atoms with E-state index in [1.165, 1.54) is 18.4 Å². The van der Waals surface area contributed by atoms with Gasteiger partial charge in [-0.15, -0.1) is 11.3 Å². The van der Waals surface area contributed by atoms with Gasteiger partial charge in [0.1, 0.15) is 11.0 Å². The number of thiazole rings is 1. The van der Waals surface area contributed by atoms with Gasteiger partial charge in [0, 0.05) is 54.7 Å². The summed E-state index contributed by atoms with van der Waals surface area (Å²) in [6, 6.07) is 24.2. The van der Waals surface area contributed by atoms with Gasteiger partial charge in [0.25, 0.3) is 5.91 Å². The van der Waals surface area contributed by atoms with Gasteiger partial charge in [-0.3, -0.25) is 25.0 Å². The summed E-state index contributed by atoms with van der Waals surface area (Å²) in [7, 11) is 1.23. The first kappa shape index (κ1) is 47.3. The molecule has 1 aliphatic heterocycles. The molecule has 0 radical (unpaired) electrons. The number of urea groups is 1. The average molecular weight is 890 g/mol. The Labute approximate surface area is 379 Å². The molecular weight excluding hydrogens is 831 g/mol. The summed E-state index contributed by atoms with van der Waals surface area (Å²) < 4.78 is 4.85. The molecule has 6 unspecified atom stereocenters. The molecule has 16 heteroatoms. The summed E-state index contributed by atoms with van der Waals surface area (Å²) in [6.07, 6.45) is 4.15. The fourth-order valence-electron chi connectivity index (χ4n) is 7.85. The number of ether oxygens (including phenoxy) is 1. The quantitative estimate of drug-likeness (QED) is 0.0596. The number of rotatable bonds is 19. The number of nitrogens with zero attached hydrogens (tertiary/aromatic N) is 5. The third kappa shape index (κ3) is 12.5. The van der Waals surface area contributed by atoms with Crippen LogP contribution >= 0.6 is 11.3 Å². The third-order valence-corrected chi connectivity index (χ3v) is 12.5. The third-order valence-electron chi connectivity index (χ3n) is 11.5. The zero-order chi connectivity index (χ0) is 45.8. The van der Waals surface area contributed by atoms with Crippen LogP contribution in [0, 0.1) is 17.3 Å². The maximum Gasteiger partial charge on any atom is 0.407 e. The zero-order valence-electron chi connectivity index (χ0n) is 37.2. The van der Waals surface area contributed by atoms with E-state index in [1.807, 2.05) is 125 Å². The highest BCUT2D eigenvalue weighted by atomic mass is 32.1. The Balaban J connectivity index is 1.27. The van der Waals surface area contributed by atoms with Gasteiger partial charge in [0.2, 0.25) is 5.91 Å². The van der Waals surface area contributed by atoms with E-state index in [4.69, 9.17) is 9.72 Å². The number of hydrazine groups is 1. The molecule has 1 aliphatic rings. The normalized spacial score (nSPS) is 16.3. The minimum absolute atomic E-state index is 0.104. The van der Waals surface area contributed by atoms with Crippen LogP contribution in [0.2, 0.25) is 0 Å². The molecule has 2 aromatic carbocycles. The van der Waals surface area contributed by atoms with E-state index in [-0.39, 0.29) is 50.5 Å². The number of pyridine rings is 2. The standard InChI is InChI=1S/C48H59N9O6S/c1-7-31(2)41(39-26-51-46(61)57(39)28-36-30-64-45(52-36)35-16-13-22-49-25-35)43(59)53-38(24-32-14-9-8-10-15-32)40(58)29-56(55-44(60)42(48(3,4)5)54-47(62)63-6)27-33-18-20-34(21-19-33)37-17-11-12-23-50-37/h8-23,25,30-31,38-42,58H,7,24,26-29H2,1-6H3,(H,51,61)(H,53,59)(H,54,62)(H,55,60). The molecule has 5 N–H and O–H groups in total. The molecule has 6 atom stereocenters. The lowest BCUT2D eigenvalue weighted by molar-refractivity contribution is -0.133. The number of hydrogen-bond donors (Lipinski definition) is 5. The second kappa shape index (κ2) is 21.9. The monoisotopic (exact) mass is 889 g/mol. The zero-order valence-corrected chi connectivity index (χ0v) is 38.0. The Bertz CT molecular complexity index is 2290. The average Bonchev–Trinajstić information content (AvgIpc) is 3.92. The number of aliphatic hydroxyl groups is 1. The van der Waals surface area contributed by atoms with Gasteiger partial charge >= 0.3 is 12.1 Å². The van der Waals surface area contributed by atoms with Gasteiger partial charge in [-0.2, -0.15) is 0 Å². The van der Waals surface area contributed by atoms with E-state index in [0.29, 0.717) is 12.1 Å². The predicted octanol–water partition coefficient (Wildman–Crippen LogP) is 6.22. The van der Waals surface area contributed by atoms with Crippen LogP contribution in [-0.2, 0) is 33.8 Å². The number of hydrogen-bond acceptors (Lipinski definition) is 11. The molecule has 338 valence electrons. The van der Waals surface area contributed by atoms with Gasteiger partial charge in [-0.25, -0.2) is 19.6 Å². The Morgan fingerprint density at radius 3 is 2.36 bits per heavy atom. The van der Waals surface area contributed by atoms with Crippen LogP contribution in [0.1, 0.15) is 57.9 Å². The summed E-state index contributed by atoms with van der Waals surface area (Å²) >= 11 is 1.47. The fraction of sp³-hybridized carbons (Fsp3) is 0.396. The number of alkyl carbamates (subject to hydrolysis) is 1. The maximum atomic E-state index is 14.8. The van der Waals surface area contributed by atoms with E-state index in [2.05, 4.69) is 31.3 Å². The Morgan fingerprint density at radius 2 is 1.70 bits per heavy atom. The summed E-state index contributed by atoms with van der Waals surface area (Å²) in [5.74, 6) is -1.60. The van der Waals surface area contributed by atoms with E-state index in [9.17, 15) is 24.3 Å². The van der Waals surface area contributed by atoms with Crippen molar-refractivity contribution in [3.63, 3.8) is 0 Å². The molecule has 0 saturated carbocycles. The van der Waals surface area contributed by atoms with Crippen LogP contribution in [-0.4, -0.2) is 98.3 Å². The van der Waals surface area contributed by atoms with E-state index >= 15 is 0 Å². The minimum Gasteiger partial charge on any atom is -0.453 e. The maximum absolute atomic E-state index is 14.8. The van der Waals surface area contributed by atoms with Gasteiger partial charge in [0.15, 0.2) is 0 Å². The second-order valence-corrected chi connectivity index (χ2v) is 18.1. The van der Waals surface area contributed by atoms with E-state index < -0.39 is 47.6 Å². The molecule has 1 fully saturated rings. The summed E-state index contributed by atoms with van der Waals surface area (Å²) in [5, 5.41) is 25.4. The molecule has 15 nitrogen and oxygen atoms in total. The van der Waals surface area contributed by atoms with Crippen molar-refractivity contribution in [1.29, 1.82) is 0 Å². The van der Waals surface area contributed by atoms with Crippen LogP contribution in [0.4, 0.5) is 9.59 Å². The predicted molar refractivity (Wildman–Crippen MR) is 246 cm³/mol. The number of benzene rings is 2. The molecule has 5 aromatic rings. The molecule has 4 heterocycles. The molecule has 0 bridgehead atoms. The van der Waals surface area contributed by atoms with Crippen LogP contribution < -0.4 is 21.4 Å². The Kier molecular flexibility index (Phi) is 16.2. The van der Waals surface area contributed by atoms with Crippen molar-refractivity contribution in [3.05, 3.63) is 126 Å². The number of carbonyl (C=O) groups is 4. The molecular formula is C48H59N9O6S. The number of carbonyl (C=O) groups excluding carboxylic acids is 4. The first-order chi connectivity index (χ1) is 30.7. The van der Waals surface area contributed by atoms with Crippen molar-refractivity contribution < 1.29 is 29.0 Å². The van der Waals surface area contributed by atoms with Gasteiger partial charge < -0.3 is 30.7 Å². The topological polar surface area (TPSA) is 191 Å². The highest BCUT2D eigenvalue weighted by Gasteiger charge is 2.43. The molecule has 6 rings (SSSR count). The van der Waals surface area contributed by atoms with Gasteiger partial charge in [-0.05, 0) is 53.1 Å². The first-order valence-corrected chi connectivity index (χ1v) is 22.4. The van der Waals surface area contributed by atoms with Crippen LogP contribution in [0.5, 0.6) is 0 Å². The van der Waals surface area contributed by atoms with Crippen molar-refractivity contribution in [1.82, 2.24) is 46.2 Å². The summed E-state index contributed by atoms with van der Waals surface area (Å²) in [4.78, 5) is 69.9. The van der Waals surface area contributed by atoms with Crippen molar-refractivity contribution in [2.24, 2.45) is 17.3 Å². The molecule has 64 heavy (non-hydrogen) atoms. The van der Waals surface area contributed by atoms with Crippen LogP contribution in [0.15, 0.2) is 109 Å². The number of methoxy groups -OCH3 is 1. The lowest BCUT2D eigenvalue weighted by atomic mass is 9.83. The Hall–Kier alpha value is -6.23. The molecule has 0 aliphatic carbocycles. The van der Waals surface area contributed by atoms with Crippen molar-refractivity contribution >= 4 is 35.3 Å². The highest BCUT2D eigenvalue weighted by molar-refractivity contribution is 7.13. The largest absolute Gasteiger partial charge is 0.453 e. The first-order valence-electron chi connectivity index (χ1n) is 21.6. The van der Waals surface area contributed by atoms with Gasteiger partial charge in [0.05, 0.1) is 49.1 Å². The SMILES string of the molecule is CCC(C)C(C(=O)NC(Cc1ccccc1)C(O)CN(Cc1ccc(-c2ccccn2)cc1)NC(=O)C(NC(=O)OC)C(C)(C)C)C1CNC(=O)N1Cc1csc(-c2cccnc2)n1. The lowest BCUT2D eigenvalue weighted by Gasteiger charge is -2.36. The number of aromatic nitrogens is 3. The molecule has 5 amide bonds. The Morgan fingerprint density at radius 1 is 0.953 bits per heavy atom. The number of amides is 5. The summed E-state index contributed by atoms with van der Waals surface area (Å²) in [5.41, 5.74) is 7.27. The smallest absolute Gasteiger partial charge is 0.407 e. The number of nitrogens with one attached hydrogen (secondary N) is 4. The highest BCUT2D eigenvalue weighted by Crippen LogP contribution is 2.30.